The van der Waals surface area contributed by atoms with E-state index >= 15 is 0 Å². The lowest BCUT2D eigenvalue weighted by Crippen LogP contribution is -2.43. The molecule has 8 nitrogen and oxygen atoms in total. The Morgan fingerprint density at radius 1 is 1.25 bits per heavy atom. The van der Waals surface area contributed by atoms with Crippen LogP contribution in [0.5, 0.6) is 11.5 Å². The quantitative estimate of drug-likeness (QED) is 0.386. The first kappa shape index (κ1) is 23.7. The number of amides is 1. The van der Waals surface area contributed by atoms with Crippen LogP contribution in [0.1, 0.15) is 24.0 Å². The number of methoxy groups -OCH3 is 1. The summed E-state index contributed by atoms with van der Waals surface area (Å²) in [6, 6.07) is 14.7. The number of phenolic OH excluding ortho intramolecular Hbond substituents is 1. The number of benzene rings is 2. The fourth-order valence-electron chi connectivity index (χ4n) is 3.65. The molecule has 0 bridgehead atoms. The molecule has 1 heterocycles. The predicted octanol–water partition coefficient (Wildman–Crippen LogP) is 2.14. The molecule has 8 heteroatoms. The van der Waals surface area contributed by atoms with Crippen molar-refractivity contribution in [3.05, 3.63) is 59.7 Å². The zero-order valence-electron chi connectivity index (χ0n) is 18.3. The number of β-amino-alcohol motifs (C(OH)–C–C–N with tert-alkyl or cyclic N) is 1. The number of nitrogens with one attached hydrogen (secondary N) is 1. The maximum Gasteiger partial charge on any atom is 0.243 e. The summed E-state index contributed by atoms with van der Waals surface area (Å²) >= 11 is 0. The average Bonchev–Trinajstić information content (AvgIpc) is 2.81. The molecular weight excluding hydrogens is 410 g/mol. The number of nitrogens with zero attached hydrogens (tertiary/aromatic N) is 2. The SMILES string of the molecule is COc1cc(/C=N\NC(=O)C2CCN(CC(O)COCc3ccccc3)CC2)ccc1O. The Bertz CT molecular complexity index is 882. The minimum atomic E-state index is -0.559. The minimum absolute atomic E-state index is 0.0494. The molecule has 1 fully saturated rings. The normalized spacial score (nSPS) is 16.2. The molecule has 2 aromatic carbocycles. The molecule has 32 heavy (non-hydrogen) atoms. The fraction of sp³-hybridized carbons (Fsp3) is 0.417. The van der Waals surface area contributed by atoms with E-state index in [4.69, 9.17) is 9.47 Å². The molecule has 172 valence electrons. The molecule has 3 rings (SSSR count). The van der Waals surface area contributed by atoms with Crippen molar-refractivity contribution in [2.75, 3.05) is 33.4 Å². The Hall–Kier alpha value is -2.94. The standard InChI is InChI=1S/C24H31N3O5/c1-31-23-13-19(7-8-22(23)29)14-25-26-24(30)20-9-11-27(12-10-20)15-21(28)17-32-16-18-5-3-2-4-6-18/h2-8,13-14,20-21,28-29H,9-12,15-17H2,1H3,(H,26,30)/b25-14-. The highest BCUT2D eigenvalue weighted by atomic mass is 16.5. The maximum absolute atomic E-state index is 12.4. The van der Waals surface area contributed by atoms with Gasteiger partial charge in [0.15, 0.2) is 11.5 Å². The van der Waals surface area contributed by atoms with Crippen LogP contribution in [0.25, 0.3) is 0 Å². The summed E-state index contributed by atoms with van der Waals surface area (Å²) < 4.78 is 10.7. The molecule has 0 saturated carbocycles. The number of carbonyl (C=O) groups excluding carboxylic acids is 1. The van der Waals surface area contributed by atoms with Gasteiger partial charge in [-0.1, -0.05) is 30.3 Å². The number of phenols is 1. The van der Waals surface area contributed by atoms with Crippen molar-refractivity contribution in [1.29, 1.82) is 0 Å². The monoisotopic (exact) mass is 441 g/mol. The lowest BCUT2D eigenvalue weighted by atomic mass is 9.96. The number of carbonyl (C=O) groups is 1. The molecule has 1 atom stereocenters. The van der Waals surface area contributed by atoms with Gasteiger partial charge < -0.3 is 24.6 Å². The highest BCUT2D eigenvalue weighted by Gasteiger charge is 2.25. The smallest absolute Gasteiger partial charge is 0.243 e. The first-order chi connectivity index (χ1) is 15.5. The van der Waals surface area contributed by atoms with Gasteiger partial charge in [-0.2, -0.15) is 5.10 Å². The molecule has 1 aliphatic rings. The summed E-state index contributed by atoms with van der Waals surface area (Å²) in [5, 5.41) is 23.9. The zero-order chi connectivity index (χ0) is 22.8. The van der Waals surface area contributed by atoms with E-state index in [1.807, 2.05) is 30.3 Å². The second-order valence-corrected chi connectivity index (χ2v) is 7.89. The van der Waals surface area contributed by atoms with Crippen molar-refractivity contribution in [3.63, 3.8) is 0 Å². The highest BCUT2D eigenvalue weighted by molar-refractivity contribution is 5.84. The van der Waals surface area contributed by atoms with Crippen molar-refractivity contribution in [1.82, 2.24) is 10.3 Å². The van der Waals surface area contributed by atoms with E-state index in [1.54, 1.807) is 12.1 Å². The number of hydrogen-bond donors (Lipinski definition) is 3. The van der Waals surface area contributed by atoms with Gasteiger partial charge in [0.1, 0.15) is 0 Å². The third-order valence-corrected chi connectivity index (χ3v) is 5.44. The van der Waals surface area contributed by atoms with Crippen LogP contribution in [0.15, 0.2) is 53.6 Å². The van der Waals surface area contributed by atoms with Gasteiger partial charge in [-0.3, -0.25) is 4.79 Å². The molecule has 1 aliphatic heterocycles. The summed E-state index contributed by atoms with van der Waals surface area (Å²) in [7, 11) is 1.47. The Morgan fingerprint density at radius 3 is 2.72 bits per heavy atom. The molecule has 1 unspecified atom stereocenters. The van der Waals surface area contributed by atoms with Gasteiger partial charge in [0.2, 0.25) is 5.91 Å². The minimum Gasteiger partial charge on any atom is -0.504 e. The summed E-state index contributed by atoms with van der Waals surface area (Å²) in [6.07, 6.45) is 2.38. The van der Waals surface area contributed by atoms with E-state index < -0.39 is 6.10 Å². The van der Waals surface area contributed by atoms with Gasteiger partial charge >= 0.3 is 0 Å². The molecule has 3 N–H and O–H groups in total. The lowest BCUT2D eigenvalue weighted by Gasteiger charge is -2.32. The number of hydrogen-bond acceptors (Lipinski definition) is 7. The molecule has 2 aromatic rings. The number of aliphatic hydroxyl groups is 1. The summed E-state index contributed by atoms with van der Waals surface area (Å²) in [6.45, 7) is 2.78. The van der Waals surface area contributed by atoms with Crippen LogP contribution >= 0.6 is 0 Å². The number of aromatic hydroxyl groups is 1. The summed E-state index contributed by atoms with van der Waals surface area (Å²) in [5.41, 5.74) is 4.38. The summed E-state index contributed by atoms with van der Waals surface area (Å²) in [5.74, 6) is 0.177. The second-order valence-electron chi connectivity index (χ2n) is 7.89. The van der Waals surface area contributed by atoms with Gasteiger partial charge in [0.05, 0.1) is 32.6 Å². The van der Waals surface area contributed by atoms with Crippen molar-refractivity contribution >= 4 is 12.1 Å². The molecule has 0 radical (unpaired) electrons. The number of piperidine rings is 1. The lowest BCUT2D eigenvalue weighted by molar-refractivity contribution is -0.126. The van der Waals surface area contributed by atoms with E-state index in [-0.39, 0.29) is 24.2 Å². The van der Waals surface area contributed by atoms with Crippen LogP contribution in [0.3, 0.4) is 0 Å². The first-order valence-corrected chi connectivity index (χ1v) is 10.8. The Morgan fingerprint density at radius 2 is 2.00 bits per heavy atom. The van der Waals surface area contributed by atoms with Crippen LogP contribution in [0, 0.1) is 5.92 Å². The average molecular weight is 442 g/mol. The van der Waals surface area contributed by atoms with Crippen molar-refractivity contribution in [2.24, 2.45) is 11.0 Å². The third kappa shape index (κ3) is 7.33. The largest absolute Gasteiger partial charge is 0.504 e. The number of likely N-dealkylation sites (tertiary alicyclic amines) is 1. The van der Waals surface area contributed by atoms with E-state index in [2.05, 4.69) is 15.4 Å². The van der Waals surface area contributed by atoms with Crippen molar-refractivity contribution in [3.8, 4) is 11.5 Å². The van der Waals surface area contributed by atoms with Crippen molar-refractivity contribution < 1.29 is 24.5 Å². The molecule has 0 aliphatic carbocycles. The number of ether oxygens (including phenoxy) is 2. The van der Waals surface area contributed by atoms with Crippen LogP contribution in [0.2, 0.25) is 0 Å². The van der Waals surface area contributed by atoms with Crippen molar-refractivity contribution in [2.45, 2.75) is 25.6 Å². The molecular formula is C24H31N3O5. The molecule has 1 amide bonds. The summed E-state index contributed by atoms with van der Waals surface area (Å²) in [4.78, 5) is 14.6. The van der Waals surface area contributed by atoms with Crippen LogP contribution in [0.4, 0.5) is 0 Å². The van der Waals surface area contributed by atoms with Crippen LogP contribution in [-0.4, -0.2) is 66.7 Å². The van der Waals surface area contributed by atoms with Gasteiger partial charge in [-0.25, -0.2) is 5.43 Å². The number of hydrazone groups is 1. The molecule has 0 spiro atoms. The van der Waals surface area contributed by atoms with Gasteiger partial charge in [0, 0.05) is 12.5 Å². The Kier molecular flexibility index (Phi) is 9.03. The third-order valence-electron chi connectivity index (χ3n) is 5.44. The first-order valence-electron chi connectivity index (χ1n) is 10.8. The predicted molar refractivity (Wildman–Crippen MR) is 122 cm³/mol. The molecule has 1 saturated heterocycles. The van der Waals surface area contributed by atoms with E-state index in [9.17, 15) is 15.0 Å². The number of aliphatic hydroxyl groups excluding tert-OH is 1. The topological polar surface area (TPSA) is 104 Å². The van der Waals surface area contributed by atoms with E-state index in [0.717, 1.165) is 18.7 Å². The zero-order valence-corrected chi connectivity index (χ0v) is 18.3. The Labute approximate surface area is 188 Å². The van der Waals surface area contributed by atoms with Gasteiger partial charge in [-0.05, 0) is 55.3 Å². The number of rotatable bonds is 10. The van der Waals surface area contributed by atoms with Gasteiger partial charge in [-0.15, -0.1) is 0 Å². The maximum atomic E-state index is 12.4. The van der Waals surface area contributed by atoms with Gasteiger partial charge in [0.25, 0.3) is 0 Å². The highest BCUT2D eigenvalue weighted by Crippen LogP contribution is 2.25. The molecule has 0 aromatic heterocycles. The van der Waals surface area contributed by atoms with E-state index in [1.165, 1.54) is 19.4 Å². The fourth-order valence-corrected chi connectivity index (χ4v) is 3.65. The Balaban J connectivity index is 1.34. The second kappa shape index (κ2) is 12.2. The van der Waals surface area contributed by atoms with Crippen LogP contribution < -0.4 is 10.2 Å². The van der Waals surface area contributed by atoms with Crippen LogP contribution in [-0.2, 0) is 16.1 Å². The van der Waals surface area contributed by atoms with E-state index in [0.29, 0.717) is 37.3 Å².